The van der Waals surface area contributed by atoms with E-state index in [-0.39, 0.29) is 5.91 Å². The number of rotatable bonds is 1. The van der Waals surface area contributed by atoms with Crippen LogP contribution in [0, 0.1) is 6.07 Å². The zero-order valence-corrected chi connectivity index (χ0v) is 5.72. The van der Waals surface area contributed by atoms with Crippen LogP contribution in [0.5, 0.6) is 0 Å². The van der Waals surface area contributed by atoms with Crippen LogP contribution in [0.4, 0.5) is 0 Å². The zero-order valence-electron chi connectivity index (χ0n) is 5.72. The molecule has 0 aromatic heterocycles. The highest BCUT2D eigenvalue weighted by atomic mass is 16.1. The van der Waals surface area contributed by atoms with E-state index in [1.165, 1.54) is 0 Å². The van der Waals surface area contributed by atoms with Gasteiger partial charge in [-0.05, 0) is 18.2 Å². The summed E-state index contributed by atoms with van der Waals surface area (Å²) in [4.78, 5) is 10.9. The molecule has 0 saturated heterocycles. The van der Waals surface area contributed by atoms with Crippen molar-refractivity contribution >= 4 is 5.91 Å². The van der Waals surface area contributed by atoms with Crippen LogP contribution in [0.15, 0.2) is 24.3 Å². The molecule has 0 aliphatic heterocycles. The fourth-order valence-electron chi connectivity index (χ4n) is 0.679. The summed E-state index contributed by atoms with van der Waals surface area (Å²) in [6.07, 6.45) is 0. The minimum atomic E-state index is -0.0724. The van der Waals surface area contributed by atoms with Gasteiger partial charge in [0.1, 0.15) is 0 Å². The number of hydrogen-bond acceptors (Lipinski definition) is 1. The summed E-state index contributed by atoms with van der Waals surface area (Å²) in [6, 6.07) is 9.75. The highest BCUT2D eigenvalue weighted by molar-refractivity contribution is 5.93. The first-order chi connectivity index (χ1) is 4.84. The zero-order chi connectivity index (χ0) is 7.40. The summed E-state index contributed by atoms with van der Waals surface area (Å²) in [5.41, 5.74) is 0.644. The second-order valence-electron chi connectivity index (χ2n) is 1.87. The van der Waals surface area contributed by atoms with E-state index < -0.39 is 0 Å². The Kier molecular flexibility index (Phi) is 2.05. The van der Waals surface area contributed by atoms with Crippen LogP contribution in [0.2, 0.25) is 0 Å². The molecule has 1 aromatic rings. The fraction of sp³-hybridized carbons (Fsp3) is 0.125. The average molecular weight is 134 g/mol. The Morgan fingerprint density at radius 2 is 2.50 bits per heavy atom. The van der Waals surface area contributed by atoms with E-state index in [1.54, 1.807) is 31.3 Å². The predicted molar refractivity (Wildman–Crippen MR) is 38.7 cm³/mol. The number of amides is 1. The van der Waals surface area contributed by atoms with Crippen molar-refractivity contribution in [3.8, 4) is 0 Å². The van der Waals surface area contributed by atoms with Gasteiger partial charge >= 0.3 is 0 Å². The molecule has 1 amide bonds. The maximum Gasteiger partial charge on any atom is 0.251 e. The second-order valence-corrected chi connectivity index (χ2v) is 1.87. The molecular weight excluding hydrogens is 126 g/mol. The summed E-state index contributed by atoms with van der Waals surface area (Å²) in [5, 5.41) is 2.52. The molecule has 2 nitrogen and oxygen atoms in total. The third kappa shape index (κ3) is 1.35. The summed E-state index contributed by atoms with van der Waals surface area (Å²) in [7, 11) is 1.61. The monoisotopic (exact) mass is 134 g/mol. The lowest BCUT2D eigenvalue weighted by Crippen LogP contribution is -2.17. The van der Waals surface area contributed by atoms with Crippen LogP contribution in [0.25, 0.3) is 0 Å². The van der Waals surface area contributed by atoms with Crippen LogP contribution >= 0.6 is 0 Å². The molecule has 1 rings (SSSR count). The van der Waals surface area contributed by atoms with Crippen LogP contribution in [0.1, 0.15) is 10.4 Å². The Balaban J connectivity index is 2.85. The molecule has 0 saturated carbocycles. The quantitative estimate of drug-likeness (QED) is 0.606. The Labute approximate surface area is 59.9 Å². The Morgan fingerprint density at radius 1 is 1.70 bits per heavy atom. The summed E-state index contributed by atoms with van der Waals surface area (Å²) >= 11 is 0. The molecular formula is C8H8NO. The van der Waals surface area contributed by atoms with Crippen molar-refractivity contribution in [3.63, 3.8) is 0 Å². The smallest absolute Gasteiger partial charge is 0.251 e. The molecule has 1 N–H and O–H groups in total. The SMILES string of the molecule is CNC(=O)c1c[c]ccc1. The van der Waals surface area contributed by atoms with Gasteiger partial charge in [0, 0.05) is 12.6 Å². The maximum atomic E-state index is 10.9. The van der Waals surface area contributed by atoms with Gasteiger partial charge in [-0.1, -0.05) is 12.1 Å². The first kappa shape index (κ1) is 6.81. The average Bonchev–Trinajstić information content (AvgIpc) is 2.05. The van der Waals surface area contributed by atoms with Gasteiger partial charge in [-0.15, -0.1) is 0 Å². The van der Waals surface area contributed by atoms with E-state index in [4.69, 9.17) is 0 Å². The van der Waals surface area contributed by atoms with Gasteiger partial charge in [0.2, 0.25) is 0 Å². The molecule has 0 unspecified atom stereocenters. The first-order valence-corrected chi connectivity index (χ1v) is 3.03. The van der Waals surface area contributed by atoms with Crippen molar-refractivity contribution < 1.29 is 4.79 Å². The van der Waals surface area contributed by atoms with Crippen molar-refractivity contribution in [1.29, 1.82) is 0 Å². The Morgan fingerprint density at radius 3 is 3.00 bits per heavy atom. The summed E-state index contributed by atoms with van der Waals surface area (Å²) in [5.74, 6) is -0.0724. The topological polar surface area (TPSA) is 29.1 Å². The molecule has 0 aliphatic rings. The molecule has 51 valence electrons. The van der Waals surface area contributed by atoms with Gasteiger partial charge in [-0.3, -0.25) is 4.79 Å². The molecule has 0 aliphatic carbocycles. The number of nitrogens with one attached hydrogen (secondary N) is 1. The number of benzene rings is 1. The van der Waals surface area contributed by atoms with Gasteiger partial charge in [0.05, 0.1) is 0 Å². The van der Waals surface area contributed by atoms with Crippen molar-refractivity contribution in [1.82, 2.24) is 5.32 Å². The maximum absolute atomic E-state index is 10.9. The van der Waals surface area contributed by atoms with Crippen LogP contribution in [-0.4, -0.2) is 13.0 Å². The van der Waals surface area contributed by atoms with Crippen molar-refractivity contribution in [2.24, 2.45) is 0 Å². The Hall–Kier alpha value is -1.31. The molecule has 1 radical (unpaired) electrons. The molecule has 0 bridgehead atoms. The third-order valence-electron chi connectivity index (χ3n) is 1.20. The van der Waals surface area contributed by atoms with E-state index in [0.29, 0.717) is 5.56 Å². The van der Waals surface area contributed by atoms with E-state index in [1.807, 2.05) is 0 Å². The van der Waals surface area contributed by atoms with Crippen molar-refractivity contribution in [2.45, 2.75) is 0 Å². The fourth-order valence-corrected chi connectivity index (χ4v) is 0.679. The molecule has 0 heterocycles. The minimum absolute atomic E-state index is 0.0724. The minimum Gasteiger partial charge on any atom is -0.355 e. The van der Waals surface area contributed by atoms with Gasteiger partial charge in [-0.2, -0.15) is 0 Å². The second kappa shape index (κ2) is 3.01. The van der Waals surface area contributed by atoms with Crippen molar-refractivity contribution in [2.75, 3.05) is 7.05 Å². The van der Waals surface area contributed by atoms with Crippen molar-refractivity contribution in [3.05, 3.63) is 35.9 Å². The van der Waals surface area contributed by atoms with Crippen LogP contribution in [-0.2, 0) is 0 Å². The predicted octanol–water partition coefficient (Wildman–Crippen LogP) is 0.846. The number of carbonyl (C=O) groups is 1. The first-order valence-electron chi connectivity index (χ1n) is 3.03. The van der Waals surface area contributed by atoms with Gasteiger partial charge < -0.3 is 5.32 Å². The summed E-state index contributed by atoms with van der Waals surface area (Å²) < 4.78 is 0. The number of carbonyl (C=O) groups excluding carboxylic acids is 1. The highest BCUT2D eigenvalue weighted by Gasteiger charge is 1.98. The molecule has 2 heteroatoms. The lowest BCUT2D eigenvalue weighted by atomic mass is 10.2. The van der Waals surface area contributed by atoms with Gasteiger partial charge in [0.25, 0.3) is 5.91 Å². The molecule has 0 spiro atoms. The largest absolute Gasteiger partial charge is 0.355 e. The number of hydrogen-bond donors (Lipinski definition) is 1. The van der Waals surface area contributed by atoms with Crippen LogP contribution < -0.4 is 5.32 Å². The van der Waals surface area contributed by atoms with E-state index in [2.05, 4.69) is 11.4 Å². The Bertz CT molecular complexity index is 218. The molecule has 0 fully saturated rings. The molecule has 1 aromatic carbocycles. The van der Waals surface area contributed by atoms with Crippen LogP contribution in [0.3, 0.4) is 0 Å². The van der Waals surface area contributed by atoms with E-state index in [0.717, 1.165) is 0 Å². The summed E-state index contributed by atoms with van der Waals surface area (Å²) in [6.45, 7) is 0. The van der Waals surface area contributed by atoms with Gasteiger partial charge in [0.15, 0.2) is 0 Å². The highest BCUT2D eigenvalue weighted by Crippen LogP contribution is 1.95. The molecule has 10 heavy (non-hydrogen) atoms. The third-order valence-corrected chi connectivity index (χ3v) is 1.20. The molecule has 0 atom stereocenters. The lowest BCUT2D eigenvalue weighted by Gasteiger charge is -1.95. The van der Waals surface area contributed by atoms with Gasteiger partial charge in [-0.25, -0.2) is 0 Å². The normalized spacial score (nSPS) is 8.90. The standard InChI is InChI=1S/C8H8NO/c1-9-8(10)7-5-3-2-4-6-7/h2-3,5-6H,1H3,(H,9,10). The van der Waals surface area contributed by atoms with E-state index >= 15 is 0 Å². The lowest BCUT2D eigenvalue weighted by molar-refractivity contribution is 0.0963. The van der Waals surface area contributed by atoms with E-state index in [9.17, 15) is 4.79 Å².